The first-order valence-electron chi connectivity index (χ1n) is 12.7. The quantitative estimate of drug-likeness (QED) is 0.505. The predicted molar refractivity (Wildman–Crippen MR) is 134 cm³/mol. The number of rotatable bonds is 9. The van der Waals surface area contributed by atoms with Crippen molar-refractivity contribution in [3.8, 4) is 5.75 Å². The monoisotopic (exact) mass is 547 g/mol. The number of hydrogen-bond donors (Lipinski definition) is 1. The first-order chi connectivity index (χ1) is 17.3. The standard InChI is InChI=1S/C25H36F3N3O5S/c1-18(16-23(32)30-12-14-37(34,35)15-13-30)24(33)31(21-6-4-3-5-7-21)19(2)17-29-20-8-10-22(11-9-20)36-25(26,27)28/h8-11,18-19,21,29H,3-7,12-17H2,1-2H3/t18-,19+/m1/s1. The lowest BCUT2D eigenvalue weighted by Gasteiger charge is -2.40. The third-order valence-corrected chi connectivity index (χ3v) is 8.60. The highest BCUT2D eigenvalue weighted by atomic mass is 32.2. The molecule has 1 aromatic rings. The van der Waals surface area contributed by atoms with Crippen molar-refractivity contribution in [3.63, 3.8) is 0 Å². The zero-order valence-electron chi connectivity index (χ0n) is 21.3. The molecule has 1 saturated carbocycles. The Kier molecular flexibility index (Phi) is 9.71. The molecule has 0 radical (unpaired) electrons. The third kappa shape index (κ3) is 8.79. The second-order valence-corrected chi connectivity index (χ2v) is 12.3. The van der Waals surface area contributed by atoms with E-state index >= 15 is 0 Å². The molecular weight excluding hydrogens is 511 g/mol. The van der Waals surface area contributed by atoms with Gasteiger partial charge in [-0.25, -0.2) is 8.42 Å². The molecule has 208 valence electrons. The van der Waals surface area contributed by atoms with E-state index in [-0.39, 0.29) is 60.7 Å². The second kappa shape index (κ2) is 12.4. The van der Waals surface area contributed by atoms with Gasteiger partial charge in [-0.1, -0.05) is 26.2 Å². The van der Waals surface area contributed by atoms with Crippen LogP contribution in [0.3, 0.4) is 0 Å². The van der Waals surface area contributed by atoms with Crippen LogP contribution in [0, 0.1) is 5.92 Å². The fourth-order valence-corrected chi connectivity index (χ4v) is 6.15. The van der Waals surface area contributed by atoms with E-state index in [4.69, 9.17) is 0 Å². The number of amides is 2. The summed E-state index contributed by atoms with van der Waals surface area (Å²) in [7, 11) is -3.11. The van der Waals surface area contributed by atoms with Crippen LogP contribution in [-0.4, -0.2) is 79.6 Å². The largest absolute Gasteiger partial charge is 0.573 e. The van der Waals surface area contributed by atoms with Crippen molar-refractivity contribution in [1.29, 1.82) is 0 Å². The summed E-state index contributed by atoms with van der Waals surface area (Å²) in [6, 6.07) is 5.26. The third-order valence-electron chi connectivity index (χ3n) is 6.99. The zero-order chi connectivity index (χ0) is 27.2. The number of halogens is 3. The van der Waals surface area contributed by atoms with E-state index in [0.29, 0.717) is 12.2 Å². The number of alkyl halides is 3. The summed E-state index contributed by atoms with van der Waals surface area (Å²) in [6.07, 6.45) is 0.171. The van der Waals surface area contributed by atoms with Crippen molar-refractivity contribution in [2.24, 2.45) is 5.92 Å². The highest BCUT2D eigenvalue weighted by molar-refractivity contribution is 7.91. The predicted octanol–water partition coefficient (Wildman–Crippen LogP) is 3.83. The first-order valence-corrected chi connectivity index (χ1v) is 14.6. The molecule has 2 fully saturated rings. The Morgan fingerprint density at radius 1 is 1.08 bits per heavy atom. The van der Waals surface area contributed by atoms with Crippen molar-refractivity contribution >= 4 is 27.3 Å². The summed E-state index contributed by atoms with van der Waals surface area (Å²) in [5.74, 6) is -1.31. The topological polar surface area (TPSA) is 96.0 Å². The number of anilines is 1. The summed E-state index contributed by atoms with van der Waals surface area (Å²) < 4.78 is 64.4. The van der Waals surface area contributed by atoms with Crippen LogP contribution in [0.15, 0.2) is 24.3 Å². The fraction of sp³-hybridized carbons (Fsp3) is 0.680. The molecule has 0 bridgehead atoms. The second-order valence-electron chi connectivity index (χ2n) is 9.98. The maximum Gasteiger partial charge on any atom is 0.573 e. The Hall–Kier alpha value is -2.50. The molecule has 0 spiro atoms. The lowest BCUT2D eigenvalue weighted by atomic mass is 9.91. The number of carbonyl (C=O) groups is 2. The van der Waals surface area contributed by atoms with Gasteiger partial charge in [-0.15, -0.1) is 13.2 Å². The van der Waals surface area contributed by atoms with Crippen LogP contribution < -0.4 is 10.1 Å². The number of nitrogens with zero attached hydrogens (tertiary/aromatic N) is 2. The van der Waals surface area contributed by atoms with Crippen LogP contribution in [0.25, 0.3) is 0 Å². The van der Waals surface area contributed by atoms with Crippen molar-refractivity contribution in [2.75, 3.05) is 36.5 Å². The lowest BCUT2D eigenvalue weighted by molar-refractivity contribution is -0.274. The number of benzene rings is 1. The van der Waals surface area contributed by atoms with Gasteiger partial charge >= 0.3 is 6.36 Å². The maximum absolute atomic E-state index is 13.6. The molecule has 12 heteroatoms. The van der Waals surface area contributed by atoms with E-state index in [2.05, 4.69) is 10.1 Å². The van der Waals surface area contributed by atoms with Crippen molar-refractivity contribution < 1.29 is 35.9 Å². The van der Waals surface area contributed by atoms with Gasteiger partial charge < -0.3 is 19.9 Å². The summed E-state index contributed by atoms with van der Waals surface area (Å²) >= 11 is 0. The lowest BCUT2D eigenvalue weighted by Crippen LogP contribution is -2.52. The molecule has 37 heavy (non-hydrogen) atoms. The number of ether oxygens (including phenoxy) is 1. The van der Waals surface area contributed by atoms with Gasteiger partial charge in [0.25, 0.3) is 0 Å². The van der Waals surface area contributed by atoms with E-state index in [9.17, 15) is 31.2 Å². The summed E-state index contributed by atoms with van der Waals surface area (Å²) in [4.78, 5) is 29.8. The van der Waals surface area contributed by atoms with Crippen LogP contribution in [-0.2, 0) is 19.4 Å². The Labute approximate surface area is 216 Å². The van der Waals surface area contributed by atoms with Gasteiger partial charge in [0.2, 0.25) is 11.8 Å². The normalized spacial score (nSPS) is 20.1. The van der Waals surface area contributed by atoms with Gasteiger partial charge in [0.05, 0.1) is 11.5 Å². The zero-order valence-corrected chi connectivity index (χ0v) is 22.1. The Bertz CT molecular complexity index is 1010. The fourth-order valence-electron chi connectivity index (χ4n) is 4.95. The minimum atomic E-state index is -4.76. The summed E-state index contributed by atoms with van der Waals surface area (Å²) in [5, 5.41) is 3.19. The summed E-state index contributed by atoms with van der Waals surface area (Å²) in [6.45, 7) is 4.34. The molecule has 1 aliphatic heterocycles. The van der Waals surface area contributed by atoms with Crippen LogP contribution in [0.2, 0.25) is 0 Å². The highest BCUT2D eigenvalue weighted by Crippen LogP contribution is 2.28. The van der Waals surface area contributed by atoms with E-state index in [1.165, 1.54) is 29.2 Å². The van der Waals surface area contributed by atoms with Gasteiger partial charge in [-0.3, -0.25) is 9.59 Å². The van der Waals surface area contributed by atoms with Gasteiger partial charge in [0, 0.05) is 49.7 Å². The van der Waals surface area contributed by atoms with Crippen molar-refractivity contribution in [3.05, 3.63) is 24.3 Å². The average molecular weight is 548 g/mol. The smallest absolute Gasteiger partial charge is 0.406 e. The molecule has 1 saturated heterocycles. The van der Waals surface area contributed by atoms with Gasteiger partial charge in [0.1, 0.15) is 5.75 Å². The number of hydrogen-bond acceptors (Lipinski definition) is 6. The molecule has 0 aromatic heterocycles. The Morgan fingerprint density at radius 2 is 1.68 bits per heavy atom. The minimum absolute atomic E-state index is 0.0168. The van der Waals surface area contributed by atoms with E-state index in [0.717, 1.165) is 32.1 Å². The highest BCUT2D eigenvalue weighted by Gasteiger charge is 2.34. The molecule has 2 amide bonds. The van der Waals surface area contributed by atoms with Gasteiger partial charge in [-0.2, -0.15) is 0 Å². The minimum Gasteiger partial charge on any atom is -0.406 e. The number of sulfone groups is 1. The van der Waals surface area contributed by atoms with Crippen molar-refractivity contribution in [2.45, 2.75) is 70.8 Å². The van der Waals surface area contributed by atoms with Crippen LogP contribution in [0.1, 0.15) is 52.4 Å². The van der Waals surface area contributed by atoms with Gasteiger partial charge in [0.15, 0.2) is 9.84 Å². The molecule has 1 aliphatic carbocycles. The van der Waals surface area contributed by atoms with Crippen LogP contribution in [0.4, 0.5) is 18.9 Å². The number of carbonyl (C=O) groups excluding carboxylic acids is 2. The van der Waals surface area contributed by atoms with Crippen molar-refractivity contribution in [1.82, 2.24) is 9.80 Å². The molecule has 1 N–H and O–H groups in total. The number of nitrogens with one attached hydrogen (secondary N) is 1. The molecule has 1 aromatic carbocycles. The maximum atomic E-state index is 13.6. The first kappa shape index (κ1) is 29.1. The SMILES string of the molecule is C[C@H](CC(=O)N1CCS(=O)(=O)CC1)C(=O)N(C1CCCCC1)[C@@H](C)CNc1ccc(OC(F)(F)F)cc1. The van der Waals surface area contributed by atoms with Gasteiger partial charge in [-0.05, 0) is 44.0 Å². The summed E-state index contributed by atoms with van der Waals surface area (Å²) in [5.41, 5.74) is 0.598. The molecule has 1 heterocycles. The van der Waals surface area contributed by atoms with Crippen LogP contribution >= 0.6 is 0 Å². The van der Waals surface area contributed by atoms with E-state index in [1.54, 1.807) is 6.92 Å². The molecule has 2 atom stereocenters. The van der Waals surface area contributed by atoms with E-state index in [1.807, 2.05) is 11.8 Å². The molecule has 3 rings (SSSR count). The Morgan fingerprint density at radius 3 is 2.24 bits per heavy atom. The molecule has 0 unspecified atom stereocenters. The Balaban J connectivity index is 1.62. The molecular formula is C25H36F3N3O5S. The van der Waals surface area contributed by atoms with E-state index < -0.39 is 22.1 Å². The van der Waals surface area contributed by atoms with Crippen LogP contribution in [0.5, 0.6) is 5.75 Å². The molecule has 2 aliphatic rings. The average Bonchev–Trinajstić information content (AvgIpc) is 2.83. The molecule has 8 nitrogen and oxygen atoms in total.